The maximum Gasteiger partial charge on any atom is 0.252 e. The molecule has 9 rings (SSSR count). The van der Waals surface area contributed by atoms with Gasteiger partial charge in [0, 0.05) is 17.6 Å². The quantitative estimate of drug-likeness (QED) is 0.0958. The first kappa shape index (κ1) is 38.7. The van der Waals surface area contributed by atoms with Gasteiger partial charge in [-0.15, -0.1) is 0 Å². The van der Waals surface area contributed by atoms with Crippen molar-refractivity contribution < 1.29 is 9.59 Å². The summed E-state index contributed by atoms with van der Waals surface area (Å²) < 4.78 is 0. The third kappa shape index (κ3) is 8.27. The molecule has 6 heteroatoms. The molecular weight excluding hydrogens is 759 g/mol. The Bertz CT molecular complexity index is 2630. The Hall–Kier alpha value is -5.76. The Balaban J connectivity index is 1.04. The van der Waals surface area contributed by atoms with Crippen LogP contribution in [0, 0.1) is 0 Å². The second kappa shape index (κ2) is 18.0. The van der Waals surface area contributed by atoms with E-state index in [4.69, 9.17) is 0 Å². The number of carbonyl (C=O) groups excluding carboxylic acids is 2. The van der Waals surface area contributed by atoms with Crippen molar-refractivity contribution >= 4 is 80.9 Å². The third-order valence-corrected chi connectivity index (χ3v) is 16.4. The first-order chi connectivity index (χ1) is 29.1. The normalized spacial score (nSPS) is 15.4. The lowest BCUT2D eigenvalue weighted by atomic mass is 9.89. The van der Waals surface area contributed by atoms with Gasteiger partial charge in [-0.3, -0.25) is 9.59 Å². The van der Waals surface area contributed by atoms with E-state index in [0.29, 0.717) is 0 Å². The predicted octanol–water partition coefficient (Wildman–Crippen LogP) is 9.02. The summed E-state index contributed by atoms with van der Waals surface area (Å²) >= 11 is 0. The number of hydrogen-bond donors (Lipinski definition) is 2. The van der Waals surface area contributed by atoms with Crippen LogP contribution in [0.25, 0.3) is 21.5 Å². The zero-order valence-electron chi connectivity index (χ0n) is 32.9. The average molecular weight is 805 g/mol. The first-order valence-electron chi connectivity index (χ1n) is 20.6. The van der Waals surface area contributed by atoms with Gasteiger partial charge in [-0.05, 0) is 82.1 Å². The Morgan fingerprint density at radius 1 is 0.441 bits per heavy atom. The van der Waals surface area contributed by atoms with Crippen LogP contribution in [0.5, 0.6) is 0 Å². The van der Waals surface area contributed by atoms with Crippen LogP contribution in [0.3, 0.4) is 0 Å². The number of carbonyl (C=O) groups is 2. The summed E-state index contributed by atoms with van der Waals surface area (Å²) in [5.41, 5.74) is 1.51. The Kier molecular flexibility index (Phi) is 11.8. The standard InChI is InChI=1S/C53H46N2O2P2/c56-48(51-44-29-15-13-19-38(44)33-35-49(51)58(40-21-5-1-6-22-40)41-23-7-2-8-24-41)37-54-46-31-17-18-32-47(46)55-53(57)52-45-30-16-14-20-39(45)34-36-50(52)59(42-25-9-3-10-26-42)43-27-11-4-12-28-43/h1-16,19-30,33-36,46-47,54H,17-18,31-32,37H2,(H,55,57)/t46-,47-/m0/s1. The van der Waals surface area contributed by atoms with Gasteiger partial charge in [0.15, 0.2) is 5.78 Å². The Morgan fingerprint density at radius 2 is 0.831 bits per heavy atom. The molecule has 290 valence electrons. The first-order valence-corrected chi connectivity index (χ1v) is 23.2. The van der Waals surface area contributed by atoms with E-state index in [1.54, 1.807) is 0 Å². The van der Waals surface area contributed by atoms with Crippen LogP contribution in [0.4, 0.5) is 0 Å². The highest BCUT2D eigenvalue weighted by atomic mass is 31.1. The van der Waals surface area contributed by atoms with Gasteiger partial charge in [0.05, 0.1) is 12.1 Å². The summed E-state index contributed by atoms with van der Waals surface area (Å²) in [6.07, 6.45) is 3.78. The predicted molar refractivity (Wildman–Crippen MR) is 251 cm³/mol. The number of nitrogens with one attached hydrogen (secondary N) is 2. The molecule has 1 saturated carbocycles. The molecule has 0 saturated heterocycles. The van der Waals surface area contributed by atoms with Crippen LogP contribution >= 0.6 is 15.8 Å². The van der Waals surface area contributed by atoms with E-state index in [-0.39, 0.29) is 30.3 Å². The number of hydrogen-bond acceptors (Lipinski definition) is 3. The summed E-state index contributed by atoms with van der Waals surface area (Å²) in [5.74, 6) is 0.00779. The summed E-state index contributed by atoms with van der Waals surface area (Å²) in [5, 5.41) is 18.2. The molecule has 8 aromatic rings. The fraction of sp³-hybridized carbons (Fsp3) is 0.132. The molecule has 1 fully saturated rings. The highest BCUT2D eigenvalue weighted by Gasteiger charge is 2.31. The molecule has 0 aromatic heterocycles. The zero-order chi connectivity index (χ0) is 40.0. The molecule has 1 aliphatic rings. The number of ketones is 1. The summed E-state index contributed by atoms with van der Waals surface area (Å²) in [7, 11) is -2.03. The molecule has 8 aromatic carbocycles. The van der Waals surface area contributed by atoms with Crippen molar-refractivity contribution in [3.63, 3.8) is 0 Å². The maximum absolute atomic E-state index is 15.0. The van der Waals surface area contributed by atoms with Crippen molar-refractivity contribution in [1.29, 1.82) is 0 Å². The molecule has 59 heavy (non-hydrogen) atoms. The number of Topliss-reactive ketones (excluding diaryl/α,β-unsaturated/α-hetero) is 1. The van der Waals surface area contributed by atoms with Gasteiger partial charge in [0.1, 0.15) is 0 Å². The smallest absolute Gasteiger partial charge is 0.252 e. The number of fused-ring (bicyclic) bond motifs is 2. The van der Waals surface area contributed by atoms with Crippen molar-refractivity contribution in [1.82, 2.24) is 10.6 Å². The van der Waals surface area contributed by atoms with E-state index in [2.05, 4.69) is 156 Å². The molecular formula is C53H46N2O2P2. The minimum Gasteiger partial charge on any atom is -0.348 e. The SMILES string of the molecule is O=C(CN[C@H]1CCCC[C@@H]1NC(=O)c1c(P(c2ccccc2)c2ccccc2)ccc2ccccc12)c1c(P(c2ccccc2)c2ccccc2)ccc2ccccc12. The van der Waals surface area contributed by atoms with Gasteiger partial charge in [0.2, 0.25) is 0 Å². The monoisotopic (exact) mass is 804 g/mol. The maximum atomic E-state index is 15.0. The van der Waals surface area contributed by atoms with Crippen molar-refractivity contribution in [2.75, 3.05) is 6.54 Å². The van der Waals surface area contributed by atoms with Crippen LogP contribution < -0.4 is 42.5 Å². The van der Waals surface area contributed by atoms with E-state index >= 15 is 0 Å². The van der Waals surface area contributed by atoms with E-state index < -0.39 is 15.8 Å². The van der Waals surface area contributed by atoms with E-state index in [9.17, 15) is 9.59 Å². The molecule has 0 bridgehead atoms. The van der Waals surface area contributed by atoms with Gasteiger partial charge in [-0.2, -0.15) is 0 Å². The number of amides is 1. The third-order valence-electron chi connectivity index (χ3n) is 11.5. The van der Waals surface area contributed by atoms with Crippen LogP contribution in [0.2, 0.25) is 0 Å². The highest BCUT2D eigenvalue weighted by Crippen LogP contribution is 2.38. The fourth-order valence-electron chi connectivity index (χ4n) is 8.69. The molecule has 4 nitrogen and oxygen atoms in total. The largest absolute Gasteiger partial charge is 0.348 e. The molecule has 0 heterocycles. The van der Waals surface area contributed by atoms with E-state index in [1.807, 2.05) is 48.5 Å². The second-order valence-corrected chi connectivity index (χ2v) is 19.5. The molecule has 2 atom stereocenters. The number of benzene rings is 8. The van der Waals surface area contributed by atoms with Crippen molar-refractivity contribution in [2.45, 2.75) is 37.8 Å². The fourth-order valence-corrected chi connectivity index (χ4v) is 13.6. The van der Waals surface area contributed by atoms with Crippen LogP contribution in [-0.4, -0.2) is 30.3 Å². The lowest BCUT2D eigenvalue weighted by Crippen LogP contribution is -2.53. The van der Waals surface area contributed by atoms with E-state index in [0.717, 1.165) is 69.0 Å². The lowest BCUT2D eigenvalue weighted by molar-refractivity contribution is 0.0915. The van der Waals surface area contributed by atoms with Crippen molar-refractivity contribution in [2.24, 2.45) is 0 Å². The summed E-state index contributed by atoms with van der Waals surface area (Å²) in [6.45, 7) is 0.178. The van der Waals surface area contributed by atoms with E-state index in [1.165, 1.54) is 21.2 Å². The van der Waals surface area contributed by atoms with Gasteiger partial charge in [-0.25, -0.2) is 0 Å². The van der Waals surface area contributed by atoms with Crippen molar-refractivity contribution in [3.05, 3.63) is 205 Å². The Labute approximate surface area is 349 Å². The summed E-state index contributed by atoms with van der Waals surface area (Å²) in [4.78, 5) is 29.8. The van der Waals surface area contributed by atoms with Gasteiger partial charge < -0.3 is 10.6 Å². The minimum atomic E-state index is -1.02. The average Bonchev–Trinajstić information content (AvgIpc) is 3.30. The van der Waals surface area contributed by atoms with Gasteiger partial charge >= 0.3 is 0 Å². The molecule has 0 unspecified atom stereocenters. The van der Waals surface area contributed by atoms with Crippen LogP contribution in [0.1, 0.15) is 46.4 Å². The molecule has 2 N–H and O–H groups in total. The zero-order valence-corrected chi connectivity index (χ0v) is 34.7. The molecule has 1 aliphatic carbocycles. The topological polar surface area (TPSA) is 58.2 Å². The van der Waals surface area contributed by atoms with Gasteiger partial charge in [0.25, 0.3) is 5.91 Å². The molecule has 0 spiro atoms. The van der Waals surface area contributed by atoms with Crippen LogP contribution in [0.15, 0.2) is 194 Å². The lowest BCUT2D eigenvalue weighted by Gasteiger charge is -2.33. The number of rotatable bonds is 12. The van der Waals surface area contributed by atoms with Crippen molar-refractivity contribution in [3.8, 4) is 0 Å². The summed E-state index contributed by atoms with van der Waals surface area (Å²) in [6, 6.07) is 67.2. The highest BCUT2D eigenvalue weighted by molar-refractivity contribution is 7.80. The molecule has 1 amide bonds. The Morgan fingerprint density at radius 3 is 1.31 bits per heavy atom. The molecule has 0 radical (unpaired) electrons. The minimum absolute atomic E-state index is 0.0528. The second-order valence-electron chi connectivity index (χ2n) is 15.1. The van der Waals surface area contributed by atoms with Crippen LogP contribution in [-0.2, 0) is 0 Å². The van der Waals surface area contributed by atoms with Gasteiger partial charge in [-0.1, -0.05) is 207 Å². The molecule has 0 aliphatic heterocycles.